The number of hydrogen-bond acceptors (Lipinski definition) is 5. The minimum absolute atomic E-state index is 0.228. The number of rotatable bonds is 3. The smallest absolute Gasteiger partial charge is 0.341 e. The third-order valence-corrected chi connectivity index (χ3v) is 3.77. The van der Waals surface area contributed by atoms with E-state index in [1.54, 1.807) is 18.3 Å². The van der Waals surface area contributed by atoms with E-state index in [4.69, 9.17) is 10.5 Å². The van der Waals surface area contributed by atoms with Crippen molar-refractivity contribution >= 4 is 11.8 Å². The van der Waals surface area contributed by atoms with Gasteiger partial charge < -0.3 is 15.4 Å². The molecule has 1 aliphatic rings. The van der Waals surface area contributed by atoms with E-state index in [1.807, 2.05) is 0 Å². The zero-order valence-electron chi connectivity index (χ0n) is 11.5. The Bertz CT molecular complexity index is 440. The predicted molar refractivity (Wildman–Crippen MR) is 74.2 cm³/mol. The first-order valence-electron chi connectivity index (χ1n) is 6.67. The largest absolute Gasteiger partial charge is 0.465 e. The van der Waals surface area contributed by atoms with E-state index in [-0.39, 0.29) is 12.0 Å². The van der Waals surface area contributed by atoms with Crippen LogP contribution in [0.2, 0.25) is 0 Å². The molecule has 1 atom stereocenters. The van der Waals surface area contributed by atoms with E-state index in [9.17, 15) is 4.79 Å². The van der Waals surface area contributed by atoms with Crippen molar-refractivity contribution in [1.29, 1.82) is 0 Å². The Morgan fingerprint density at radius 1 is 1.53 bits per heavy atom. The molecule has 104 valence electrons. The molecule has 0 bridgehead atoms. The third kappa shape index (κ3) is 3.04. The van der Waals surface area contributed by atoms with Crippen LogP contribution in [0.25, 0.3) is 0 Å². The molecule has 5 nitrogen and oxygen atoms in total. The number of ether oxygens (including phenoxy) is 1. The molecule has 0 aromatic carbocycles. The van der Waals surface area contributed by atoms with Crippen LogP contribution in [0.4, 0.5) is 5.82 Å². The van der Waals surface area contributed by atoms with Crippen molar-refractivity contribution in [2.75, 3.05) is 25.1 Å². The fourth-order valence-corrected chi connectivity index (χ4v) is 2.56. The van der Waals surface area contributed by atoms with Gasteiger partial charge in [0.15, 0.2) is 0 Å². The van der Waals surface area contributed by atoms with Gasteiger partial charge in [0.2, 0.25) is 0 Å². The van der Waals surface area contributed by atoms with Gasteiger partial charge in [-0.2, -0.15) is 0 Å². The Kier molecular flexibility index (Phi) is 4.37. The monoisotopic (exact) mass is 263 g/mol. The van der Waals surface area contributed by atoms with E-state index < -0.39 is 0 Å². The number of carbonyl (C=O) groups excluding carboxylic acids is 1. The maximum absolute atomic E-state index is 11.7. The second-order valence-corrected chi connectivity index (χ2v) is 5.05. The molecule has 1 aliphatic heterocycles. The fourth-order valence-electron chi connectivity index (χ4n) is 2.56. The molecule has 0 aliphatic carbocycles. The van der Waals surface area contributed by atoms with Gasteiger partial charge in [0, 0.05) is 25.3 Å². The highest BCUT2D eigenvalue weighted by molar-refractivity contribution is 5.94. The number of piperidine rings is 1. The molecule has 2 heterocycles. The Morgan fingerprint density at radius 2 is 2.21 bits per heavy atom. The molecule has 1 aromatic rings. The Morgan fingerprint density at radius 3 is 2.79 bits per heavy atom. The number of esters is 1. The van der Waals surface area contributed by atoms with E-state index >= 15 is 0 Å². The van der Waals surface area contributed by atoms with Gasteiger partial charge in [0.05, 0.1) is 7.11 Å². The highest BCUT2D eigenvalue weighted by Gasteiger charge is 2.25. The molecule has 2 rings (SSSR count). The van der Waals surface area contributed by atoms with Crippen LogP contribution in [0.5, 0.6) is 0 Å². The number of aromatic nitrogens is 1. The molecule has 1 fully saturated rings. The summed E-state index contributed by atoms with van der Waals surface area (Å²) < 4.78 is 4.80. The second-order valence-electron chi connectivity index (χ2n) is 5.05. The lowest BCUT2D eigenvalue weighted by Gasteiger charge is -2.35. The highest BCUT2D eigenvalue weighted by Crippen LogP contribution is 2.25. The van der Waals surface area contributed by atoms with Gasteiger partial charge in [-0.3, -0.25) is 0 Å². The molecule has 0 saturated carbocycles. The average Bonchev–Trinajstić information content (AvgIpc) is 2.46. The first-order chi connectivity index (χ1) is 9.13. The van der Waals surface area contributed by atoms with Crippen LogP contribution in [-0.2, 0) is 4.74 Å². The van der Waals surface area contributed by atoms with Crippen molar-refractivity contribution < 1.29 is 9.53 Å². The number of carbonyl (C=O) groups is 1. The lowest BCUT2D eigenvalue weighted by atomic mass is 9.91. The van der Waals surface area contributed by atoms with Crippen molar-refractivity contribution in [1.82, 2.24) is 4.98 Å². The van der Waals surface area contributed by atoms with Gasteiger partial charge in [-0.25, -0.2) is 9.78 Å². The molecule has 0 amide bonds. The van der Waals surface area contributed by atoms with Crippen LogP contribution in [-0.4, -0.2) is 37.2 Å². The third-order valence-electron chi connectivity index (χ3n) is 3.77. The van der Waals surface area contributed by atoms with Crippen LogP contribution in [0.15, 0.2) is 18.3 Å². The van der Waals surface area contributed by atoms with Crippen molar-refractivity contribution in [3.05, 3.63) is 23.9 Å². The fraction of sp³-hybridized carbons (Fsp3) is 0.571. The first-order valence-corrected chi connectivity index (χ1v) is 6.67. The number of methoxy groups -OCH3 is 1. The zero-order chi connectivity index (χ0) is 13.8. The van der Waals surface area contributed by atoms with Crippen LogP contribution in [0.3, 0.4) is 0 Å². The van der Waals surface area contributed by atoms with Gasteiger partial charge in [0.1, 0.15) is 11.4 Å². The van der Waals surface area contributed by atoms with Gasteiger partial charge in [0.25, 0.3) is 0 Å². The molecular weight excluding hydrogens is 242 g/mol. The minimum Gasteiger partial charge on any atom is -0.465 e. The molecular formula is C14H21N3O2. The second kappa shape index (κ2) is 6.02. The number of anilines is 1. The molecule has 1 aromatic heterocycles. The number of nitrogens with zero attached hydrogens (tertiary/aromatic N) is 2. The summed E-state index contributed by atoms with van der Waals surface area (Å²) in [5, 5.41) is 0. The molecule has 0 spiro atoms. The van der Waals surface area contributed by atoms with Crippen LogP contribution in [0.1, 0.15) is 30.1 Å². The van der Waals surface area contributed by atoms with E-state index in [0.29, 0.717) is 11.5 Å². The quantitative estimate of drug-likeness (QED) is 0.836. The summed E-state index contributed by atoms with van der Waals surface area (Å²) in [7, 11) is 1.39. The summed E-state index contributed by atoms with van der Waals surface area (Å²) >= 11 is 0. The zero-order valence-corrected chi connectivity index (χ0v) is 11.5. The number of pyridine rings is 1. The van der Waals surface area contributed by atoms with Gasteiger partial charge in [-0.05, 0) is 37.8 Å². The molecule has 2 N–H and O–H groups in total. The molecule has 19 heavy (non-hydrogen) atoms. The van der Waals surface area contributed by atoms with E-state index in [1.165, 1.54) is 7.11 Å². The Balaban J connectivity index is 2.13. The van der Waals surface area contributed by atoms with E-state index in [2.05, 4.69) is 16.8 Å². The molecule has 0 radical (unpaired) electrons. The van der Waals surface area contributed by atoms with Crippen molar-refractivity contribution in [3.8, 4) is 0 Å². The minimum atomic E-state index is -0.336. The number of nitrogens with two attached hydrogens (primary N) is 1. The van der Waals surface area contributed by atoms with Crippen molar-refractivity contribution in [2.45, 2.75) is 25.8 Å². The van der Waals surface area contributed by atoms with Gasteiger partial charge >= 0.3 is 5.97 Å². The maximum atomic E-state index is 11.7. The maximum Gasteiger partial charge on any atom is 0.341 e. The lowest BCUT2D eigenvalue weighted by molar-refractivity contribution is 0.0601. The average molecular weight is 263 g/mol. The summed E-state index contributed by atoms with van der Waals surface area (Å²) in [6.07, 6.45) is 3.78. The SMILES string of the molecule is COC(=O)c1cccnc1N1CCC(C(C)N)CC1. The summed E-state index contributed by atoms with van der Waals surface area (Å²) in [6.45, 7) is 3.82. The summed E-state index contributed by atoms with van der Waals surface area (Å²) in [5.74, 6) is 0.941. The van der Waals surface area contributed by atoms with Crippen LogP contribution in [0, 0.1) is 5.92 Å². The standard InChI is InChI=1S/C14H21N3O2/c1-10(15)11-5-8-17(9-6-11)13-12(14(18)19-2)4-3-7-16-13/h3-4,7,10-11H,5-6,8-9,15H2,1-2H3. The molecule has 1 unspecified atom stereocenters. The normalized spacial score (nSPS) is 18.2. The summed E-state index contributed by atoms with van der Waals surface area (Å²) in [5.41, 5.74) is 6.47. The predicted octanol–water partition coefficient (Wildman–Crippen LogP) is 1.43. The Labute approximate surface area is 113 Å². The lowest BCUT2D eigenvalue weighted by Crippen LogP contribution is -2.40. The van der Waals surface area contributed by atoms with E-state index in [0.717, 1.165) is 31.7 Å². The van der Waals surface area contributed by atoms with Gasteiger partial charge in [-0.15, -0.1) is 0 Å². The van der Waals surface area contributed by atoms with Crippen molar-refractivity contribution in [2.24, 2.45) is 11.7 Å². The highest BCUT2D eigenvalue weighted by atomic mass is 16.5. The van der Waals surface area contributed by atoms with Crippen molar-refractivity contribution in [3.63, 3.8) is 0 Å². The topological polar surface area (TPSA) is 68.5 Å². The Hall–Kier alpha value is -1.62. The summed E-state index contributed by atoms with van der Waals surface area (Å²) in [4.78, 5) is 18.2. The molecule has 1 saturated heterocycles. The first kappa shape index (κ1) is 13.8. The summed E-state index contributed by atoms with van der Waals surface area (Å²) in [6, 6.07) is 3.74. The van der Waals surface area contributed by atoms with Crippen LogP contribution < -0.4 is 10.6 Å². The number of hydrogen-bond donors (Lipinski definition) is 1. The van der Waals surface area contributed by atoms with Crippen LogP contribution >= 0.6 is 0 Å². The van der Waals surface area contributed by atoms with Gasteiger partial charge in [-0.1, -0.05) is 0 Å². The molecule has 5 heteroatoms.